The number of rotatable bonds is 5. The molecule has 33 heavy (non-hydrogen) atoms. The molecule has 1 aliphatic heterocycles. The maximum atomic E-state index is 14.7. The fraction of sp³-hybridized carbons (Fsp3) is 0.346. The number of piperidine rings is 1. The number of hydrogen-bond donors (Lipinski definition) is 1. The Balaban J connectivity index is 1.31. The van der Waals surface area contributed by atoms with Crippen molar-refractivity contribution in [1.29, 1.82) is 0 Å². The zero-order valence-electron chi connectivity index (χ0n) is 19.0. The molecule has 7 heteroatoms. The van der Waals surface area contributed by atoms with Gasteiger partial charge in [0.2, 0.25) is 5.95 Å². The van der Waals surface area contributed by atoms with Gasteiger partial charge in [-0.15, -0.1) is 0 Å². The molecule has 3 aromatic heterocycles. The SMILES string of the molecule is CC1(C)CCN(Cc2cc3cc(CNC(=O)c4cccn5cncc45)ccc3nc2F)CC1. The zero-order chi connectivity index (χ0) is 23.0. The van der Waals surface area contributed by atoms with E-state index in [1.807, 2.05) is 40.9 Å². The van der Waals surface area contributed by atoms with Crippen molar-refractivity contribution in [3.05, 3.63) is 77.8 Å². The lowest BCUT2D eigenvalue weighted by Gasteiger charge is -2.36. The van der Waals surface area contributed by atoms with Gasteiger partial charge in [-0.3, -0.25) is 9.69 Å². The third-order valence-corrected chi connectivity index (χ3v) is 6.66. The minimum Gasteiger partial charge on any atom is -0.348 e. The van der Waals surface area contributed by atoms with Crippen LogP contribution in [0.5, 0.6) is 0 Å². The van der Waals surface area contributed by atoms with Crippen LogP contribution in [0.4, 0.5) is 4.39 Å². The van der Waals surface area contributed by atoms with Gasteiger partial charge < -0.3 is 9.72 Å². The van der Waals surface area contributed by atoms with E-state index in [0.29, 0.717) is 35.1 Å². The molecule has 4 aromatic rings. The number of halogens is 1. The van der Waals surface area contributed by atoms with Crippen LogP contribution in [0.25, 0.3) is 16.4 Å². The van der Waals surface area contributed by atoms with Crippen LogP contribution in [0.15, 0.2) is 55.1 Å². The summed E-state index contributed by atoms with van der Waals surface area (Å²) in [6.07, 6.45) is 7.44. The largest absolute Gasteiger partial charge is 0.348 e. The van der Waals surface area contributed by atoms with Gasteiger partial charge in [0.1, 0.15) is 0 Å². The first-order chi connectivity index (χ1) is 15.9. The molecule has 0 atom stereocenters. The molecule has 0 spiro atoms. The molecule has 0 saturated carbocycles. The third-order valence-electron chi connectivity index (χ3n) is 6.66. The van der Waals surface area contributed by atoms with Gasteiger partial charge in [0.15, 0.2) is 0 Å². The molecule has 1 fully saturated rings. The van der Waals surface area contributed by atoms with Crippen LogP contribution in [0.3, 0.4) is 0 Å². The molecular formula is C26H28FN5O. The predicted molar refractivity (Wildman–Crippen MR) is 126 cm³/mol. The number of fused-ring (bicyclic) bond motifs is 2. The zero-order valence-corrected chi connectivity index (χ0v) is 19.0. The lowest BCUT2D eigenvalue weighted by molar-refractivity contribution is 0.0952. The lowest BCUT2D eigenvalue weighted by atomic mass is 9.82. The van der Waals surface area contributed by atoms with E-state index < -0.39 is 5.95 Å². The maximum absolute atomic E-state index is 14.7. The van der Waals surface area contributed by atoms with Crippen LogP contribution in [0.1, 0.15) is 48.2 Å². The number of nitrogens with one attached hydrogen (secondary N) is 1. The number of nitrogens with zero attached hydrogens (tertiary/aromatic N) is 4. The number of imidazole rings is 1. The summed E-state index contributed by atoms with van der Waals surface area (Å²) in [6.45, 7) is 7.47. The molecule has 0 bridgehead atoms. The topological polar surface area (TPSA) is 62.5 Å². The lowest BCUT2D eigenvalue weighted by Crippen LogP contribution is -2.37. The number of benzene rings is 1. The first kappa shape index (κ1) is 21.5. The first-order valence-corrected chi connectivity index (χ1v) is 11.4. The molecule has 5 rings (SSSR count). The normalized spacial score (nSPS) is 16.3. The van der Waals surface area contributed by atoms with E-state index in [1.54, 1.807) is 18.6 Å². The first-order valence-electron chi connectivity index (χ1n) is 11.4. The Morgan fingerprint density at radius 1 is 1.18 bits per heavy atom. The van der Waals surface area contributed by atoms with Gasteiger partial charge in [0.05, 0.1) is 29.1 Å². The summed E-state index contributed by atoms with van der Waals surface area (Å²) < 4.78 is 16.5. The van der Waals surface area contributed by atoms with Crippen LogP contribution in [0.2, 0.25) is 0 Å². The number of hydrogen-bond acceptors (Lipinski definition) is 4. The van der Waals surface area contributed by atoms with Crippen LogP contribution in [-0.2, 0) is 13.1 Å². The van der Waals surface area contributed by atoms with Crippen LogP contribution in [0, 0.1) is 11.4 Å². The molecule has 0 radical (unpaired) electrons. The van der Waals surface area contributed by atoms with E-state index in [9.17, 15) is 9.18 Å². The van der Waals surface area contributed by atoms with Gasteiger partial charge >= 0.3 is 0 Å². The second-order valence-corrected chi connectivity index (χ2v) is 9.70. The van der Waals surface area contributed by atoms with E-state index in [2.05, 4.69) is 34.0 Å². The van der Waals surface area contributed by atoms with Crippen molar-refractivity contribution in [3.8, 4) is 0 Å². The number of likely N-dealkylation sites (tertiary alicyclic amines) is 1. The summed E-state index contributed by atoms with van der Waals surface area (Å²) in [5.74, 6) is -0.561. The Kier molecular flexibility index (Phi) is 5.58. The Hall–Kier alpha value is -3.32. The number of pyridine rings is 2. The van der Waals surface area contributed by atoms with E-state index in [0.717, 1.165) is 42.4 Å². The summed E-state index contributed by atoms with van der Waals surface area (Å²) in [5.41, 5.74) is 3.88. The Bertz CT molecular complexity index is 1320. The van der Waals surface area contributed by atoms with Crippen LogP contribution >= 0.6 is 0 Å². The van der Waals surface area contributed by atoms with Gasteiger partial charge in [0, 0.05) is 30.2 Å². The van der Waals surface area contributed by atoms with Gasteiger partial charge in [0.25, 0.3) is 5.91 Å². The van der Waals surface area contributed by atoms with Crippen molar-refractivity contribution in [1.82, 2.24) is 24.6 Å². The van der Waals surface area contributed by atoms with E-state index in [1.165, 1.54) is 0 Å². The molecular weight excluding hydrogens is 417 g/mol. The molecule has 0 aliphatic carbocycles. The molecule has 1 saturated heterocycles. The minimum absolute atomic E-state index is 0.160. The molecule has 1 N–H and O–H groups in total. The van der Waals surface area contributed by atoms with E-state index >= 15 is 0 Å². The highest BCUT2D eigenvalue weighted by molar-refractivity contribution is 6.00. The van der Waals surface area contributed by atoms with Crippen molar-refractivity contribution in [2.75, 3.05) is 13.1 Å². The van der Waals surface area contributed by atoms with Gasteiger partial charge in [-0.1, -0.05) is 19.9 Å². The van der Waals surface area contributed by atoms with Gasteiger partial charge in [-0.25, -0.2) is 9.97 Å². The van der Waals surface area contributed by atoms with E-state index in [4.69, 9.17) is 0 Å². The highest BCUT2D eigenvalue weighted by atomic mass is 19.1. The number of carbonyl (C=O) groups is 1. The Morgan fingerprint density at radius 3 is 2.82 bits per heavy atom. The monoisotopic (exact) mass is 445 g/mol. The molecule has 1 aliphatic rings. The standard InChI is InChI=1S/C26H28FN5O/c1-26(2)7-10-31(11-8-26)16-20-13-19-12-18(5-6-22(19)30-24(20)27)14-29-25(33)21-4-3-9-32-17-28-15-23(21)32/h3-6,9,12-13,15,17H,7-8,10-11,14,16H2,1-2H3,(H,29,33). The molecule has 6 nitrogen and oxygen atoms in total. The van der Waals surface area contributed by atoms with Crippen molar-refractivity contribution in [3.63, 3.8) is 0 Å². The minimum atomic E-state index is -0.401. The molecule has 1 amide bonds. The van der Waals surface area contributed by atoms with Gasteiger partial charge in [-0.2, -0.15) is 4.39 Å². The maximum Gasteiger partial charge on any atom is 0.253 e. The number of amides is 1. The van der Waals surface area contributed by atoms with Crippen LogP contribution in [-0.4, -0.2) is 38.3 Å². The van der Waals surface area contributed by atoms with Gasteiger partial charge in [-0.05, 0) is 67.2 Å². The average molecular weight is 446 g/mol. The fourth-order valence-corrected chi connectivity index (χ4v) is 4.44. The second kappa shape index (κ2) is 8.56. The highest BCUT2D eigenvalue weighted by Gasteiger charge is 2.26. The summed E-state index contributed by atoms with van der Waals surface area (Å²) in [5, 5.41) is 3.86. The van der Waals surface area contributed by atoms with Crippen molar-refractivity contribution in [2.24, 2.45) is 5.41 Å². The predicted octanol–water partition coefficient (Wildman–Crippen LogP) is 4.57. The summed E-state index contributed by atoms with van der Waals surface area (Å²) in [4.78, 5) is 23.3. The highest BCUT2D eigenvalue weighted by Crippen LogP contribution is 2.30. The number of carbonyl (C=O) groups excluding carboxylic acids is 1. The fourth-order valence-electron chi connectivity index (χ4n) is 4.44. The van der Waals surface area contributed by atoms with E-state index in [-0.39, 0.29) is 5.91 Å². The Morgan fingerprint density at radius 2 is 2.00 bits per heavy atom. The molecule has 0 unspecified atom stereocenters. The smallest absolute Gasteiger partial charge is 0.253 e. The number of aromatic nitrogens is 3. The quantitative estimate of drug-likeness (QED) is 0.457. The molecule has 4 heterocycles. The summed E-state index contributed by atoms with van der Waals surface area (Å²) in [7, 11) is 0. The molecule has 170 valence electrons. The Labute approximate surface area is 192 Å². The van der Waals surface area contributed by atoms with Crippen molar-refractivity contribution < 1.29 is 9.18 Å². The summed E-state index contributed by atoms with van der Waals surface area (Å²) >= 11 is 0. The summed E-state index contributed by atoms with van der Waals surface area (Å²) in [6, 6.07) is 11.2. The van der Waals surface area contributed by atoms with Crippen molar-refractivity contribution in [2.45, 2.75) is 39.8 Å². The average Bonchev–Trinajstić information content (AvgIpc) is 3.28. The van der Waals surface area contributed by atoms with Crippen molar-refractivity contribution >= 4 is 22.3 Å². The molecule has 1 aromatic carbocycles. The van der Waals surface area contributed by atoms with Crippen LogP contribution < -0.4 is 5.32 Å². The third kappa shape index (κ3) is 4.59. The second-order valence-electron chi connectivity index (χ2n) is 9.70.